The minimum absolute atomic E-state index is 0. The molecule has 2 heterocycles. The molecule has 15 heavy (non-hydrogen) atoms. The maximum absolute atomic E-state index is 3.58. The third-order valence-electron chi connectivity index (χ3n) is 2.49. The Hall–Kier alpha value is 0.390. The summed E-state index contributed by atoms with van der Waals surface area (Å²) in [7, 11) is 0. The van der Waals surface area contributed by atoms with E-state index < -0.39 is 0 Å². The van der Waals surface area contributed by atoms with Crippen molar-refractivity contribution in [2.75, 3.05) is 26.2 Å². The van der Waals surface area contributed by atoms with Gasteiger partial charge in [-0.1, -0.05) is 0 Å². The van der Waals surface area contributed by atoms with Crippen molar-refractivity contribution in [1.82, 2.24) is 10.2 Å². The van der Waals surface area contributed by atoms with E-state index in [-0.39, 0.29) is 12.4 Å². The summed E-state index contributed by atoms with van der Waals surface area (Å²) < 4.78 is 1.26. The average molecular weight is 312 g/mol. The zero-order valence-electron chi connectivity index (χ0n) is 8.54. The molecule has 0 atom stereocenters. The third kappa shape index (κ3) is 4.04. The fraction of sp³-hybridized carbons (Fsp3) is 0.600. The first-order valence-corrected chi connectivity index (χ1v) is 6.68. The van der Waals surface area contributed by atoms with Crippen molar-refractivity contribution in [1.29, 1.82) is 0 Å². The van der Waals surface area contributed by atoms with Crippen molar-refractivity contribution in [3.05, 3.63) is 20.8 Å². The van der Waals surface area contributed by atoms with Crippen LogP contribution in [-0.4, -0.2) is 31.1 Å². The van der Waals surface area contributed by atoms with Gasteiger partial charge in [-0.15, -0.1) is 23.7 Å². The molecule has 1 aromatic rings. The standard InChI is InChI=1S/C10H15BrN2S.ClH/c11-9-2-7-14-10(9)8-13-5-1-3-12-4-6-13;/h2,7,12H,1,3-6,8H2;1H. The molecule has 1 saturated heterocycles. The maximum Gasteiger partial charge on any atom is 0.0339 e. The highest BCUT2D eigenvalue weighted by Gasteiger charge is 2.11. The number of halogens is 2. The summed E-state index contributed by atoms with van der Waals surface area (Å²) in [6.07, 6.45) is 1.27. The van der Waals surface area contributed by atoms with Gasteiger partial charge in [-0.2, -0.15) is 0 Å². The lowest BCUT2D eigenvalue weighted by Crippen LogP contribution is -2.27. The second-order valence-corrected chi connectivity index (χ2v) is 5.43. The molecule has 5 heteroatoms. The summed E-state index contributed by atoms with van der Waals surface area (Å²) >= 11 is 5.42. The van der Waals surface area contributed by atoms with E-state index in [1.165, 1.54) is 35.4 Å². The zero-order valence-corrected chi connectivity index (χ0v) is 11.8. The molecule has 1 aliphatic rings. The predicted molar refractivity (Wildman–Crippen MR) is 72.0 cm³/mol. The van der Waals surface area contributed by atoms with Crippen molar-refractivity contribution in [3.63, 3.8) is 0 Å². The van der Waals surface area contributed by atoms with Crippen molar-refractivity contribution in [2.24, 2.45) is 0 Å². The molecular weight excluding hydrogens is 296 g/mol. The lowest BCUT2D eigenvalue weighted by Gasteiger charge is -2.18. The van der Waals surface area contributed by atoms with Crippen molar-refractivity contribution in [3.8, 4) is 0 Å². The van der Waals surface area contributed by atoms with E-state index in [0.29, 0.717) is 0 Å². The van der Waals surface area contributed by atoms with Gasteiger partial charge in [0.25, 0.3) is 0 Å². The molecule has 0 radical (unpaired) electrons. The second-order valence-electron chi connectivity index (χ2n) is 3.57. The molecule has 0 saturated carbocycles. The van der Waals surface area contributed by atoms with Crippen LogP contribution in [0, 0.1) is 0 Å². The number of nitrogens with zero attached hydrogens (tertiary/aromatic N) is 1. The largest absolute Gasteiger partial charge is 0.315 e. The number of rotatable bonds is 2. The van der Waals surface area contributed by atoms with Gasteiger partial charge in [0.1, 0.15) is 0 Å². The second kappa shape index (κ2) is 6.86. The first kappa shape index (κ1) is 13.5. The van der Waals surface area contributed by atoms with E-state index in [0.717, 1.165) is 13.1 Å². The number of thiophene rings is 1. The predicted octanol–water partition coefficient (Wildman–Crippen LogP) is 2.73. The van der Waals surface area contributed by atoms with Crippen LogP contribution in [0.2, 0.25) is 0 Å². The molecule has 1 aliphatic heterocycles. The summed E-state index contributed by atoms with van der Waals surface area (Å²) in [5.74, 6) is 0. The summed E-state index contributed by atoms with van der Waals surface area (Å²) in [6, 6.07) is 2.13. The molecule has 0 aromatic carbocycles. The minimum atomic E-state index is 0. The molecule has 0 aliphatic carbocycles. The molecule has 1 fully saturated rings. The Morgan fingerprint density at radius 3 is 3.00 bits per heavy atom. The van der Waals surface area contributed by atoms with Crippen molar-refractivity contribution < 1.29 is 0 Å². The van der Waals surface area contributed by atoms with E-state index in [9.17, 15) is 0 Å². The summed E-state index contributed by atoms with van der Waals surface area (Å²) in [5.41, 5.74) is 0. The lowest BCUT2D eigenvalue weighted by molar-refractivity contribution is 0.286. The smallest absolute Gasteiger partial charge is 0.0339 e. The average Bonchev–Trinajstić information content (AvgIpc) is 2.44. The van der Waals surface area contributed by atoms with Crippen molar-refractivity contribution in [2.45, 2.75) is 13.0 Å². The summed E-state index contributed by atoms with van der Waals surface area (Å²) in [6.45, 7) is 5.78. The first-order valence-electron chi connectivity index (χ1n) is 5.01. The Labute approximate surface area is 110 Å². The van der Waals surface area contributed by atoms with Crippen LogP contribution in [0.3, 0.4) is 0 Å². The highest BCUT2D eigenvalue weighted by Crippen LogP contribution is 2.24. The van der Waals surface area contributed by atoms with E-state index in [4.69, 9.17) is 0 Å². The number of hydrogen-bond acceptors (Lipinski definition) is 3. The minimum Gasteiger partial charge on any atom is -0.315 e. The van der Waals surface area contributed by atoms with Gasteiger partial charge in [-0.3, -0.25) is 4.90 Å². The van der Waals surface area contributed by atoms with E-state index in [1.54, 1.807) is 0 Å². The van der Waals surface area contributed by atoms with Crippen LogP contribution in [0.25, 0.3) is 0 Å². The van der Waals surface area contributed by atoms with Gasteiger partial charge < -0.3 is 5.32 Å². The Bertz CT molecular complexity index is 285. The summed E-state index contributed by atoms with van der Waals surface area (Å²) in [5, 5.41) is 5.57. The molecular formula is C10H16BrClN2S. The normalized spacial score (nSPS) is 18.2. The van der Waals surface area contributed by atoms with Crippen LogP contribution < -0.4 is 5.32 Å². The number of nitrogens with one attached hydrogen (secondary N) is 1. The number of hydrogen-bond donors (Lipinski definition) is 1. The van der Waals surface area contributed by atoms with Gasteiger partial charge in [0.15, 0.2) is 0 Å². The van der Waals surface area contributed by atoms with E-state index in [2.05, 4.69) is 37.6 Å². The van der Waals surface area contributed by atoms with E-state index in [1.807, 2.05) is 11.3 Å². The molecule has 0 unspecified atom stereocenters. The van der Waals surface area contributed by atoms with Crippen LogP contribution in [0.15, 0.2) is 15.9 Å². The molecule has 1 aromatic heterocycles. The third-order valence-corrected chi connectivity index (χ3v) is 4.40. The highest BCUT2D eigenvalue weighted by molar-refractivity contribution is 9.10. The SMILES string of the molecule is Brc1ccsc1CN1CCCNCC1.Cl. The molecule has 2 nitrogen and oxygen atoms in total. The monoisotopic (exact) mass is 310 g/mol. The van der Waals surface area contributed by atoms with Crippen molar-refractivity contribution >= 4 is 39.7 Å². The maximum atomic E-state index is 3.58. The van der Waals surface area contributed by atoms with Crippen LogP contribution in [-0.2, 0) is 6.54 Å². The highest BCUT2D eigenvalue weighted by atomic mass is 79.9. The molecule has 0 spiro atoms. The Kier molecular flexibility index (Phi) is 6.16. The quantitative estimate of drug-likeness (QED) is 0.903. The fourth-order valence-electron chi connectivity index (χ4n) is 1.70. The molecule has 2 rings (SSSR count). The Morgan fingerprint density at radius 2 is 2.27 bits per heavy atom. The van der Waals surface area contributed by atoms with Gasteiger partial charge in [0, 0.05) is 29.0 Å². The van der Waals surface area contributed by atoms with Crippen LogP contribution in [0.5, 0.6) is 0 Å². The first-order chi connectivity index (χ1) is 6.86. The van der Waals surface area contributed by atoms with Gasteiger partial charge in [-0.05, 0) is 46.9 Å². The Morgan fingerprint density at radius 1 is 1.40 bits per heavy atom. The van der Waals surface area contributed by atoms with Crippen LogP contribution in [0.4, 0.5) is 0 Å². The van der Waals surface area contributed by atoms with Gasteiger partial charge in [-0.25, -0.2) is 0 Å². The van der Waals surface area contributed by atoms with Gasteiger partial charge in [0.2, 0.25) is 0 Å². The molecule has 0 amide bonds. The van der Waals surface area contributed by atoms with Gasteiger partial charge >= 0.3 is 0 Å². The van der Waals surface area contributed by atoms with Crippen LogP contribution >= 0.6 is 39.7 Å². The zero-order chi connectivity index (χ0) is 9.80. The van der Waals surface area contributed by atoms with Gasteiger partial charge in [0.05, 0.1) is 0 Å². The lowest BCUT2D eigenvalue weighted by atomic mass is 10.3. The van der Waals surface area contributed by atoms with E-state index >= 15 is 0 Å². The topological polar surface area (TPSA) is 15.3 Å². The summed E-state index contributed by atoms with van der Waals surface area (Å²) in [4.78, 5) is 3.98. The molecule has 1 N–H and O–H groups in total. The van der Waals surface area contributed by atoms with Crippen LogP contribution in [0.1, 0.15) is 11.3 Å². The Balaban J connectivity index is 0.00000112. The fourth-order valence-corrected chi connectivity index (χ4v) is 3.22. The molecule has 0 bridgehead atoms. The molecule has 86 valence electrons.